The van der Waals surface area contributed by atoms with E-state index in [9.17, 15) is 0 Å². The van der Waals surface area contributed by atoms with Gasteiger partial charge >= 0.3 is 0 Å². The standard InChI is InChI=1S/C18H31N/c1-2-4-6-17(7-5-3-1)19-18-15-9-13-8-14(11-15)12-16(18)10-13/h13-19H,1-12H2. The fraction of sp³-hybridized carbons (Fsp3) is 1.00. The lowest BCUT2D eigenvalue weighted by atomic mass is 9.54. The number of rotatable bonds is 2. The molecule has 5 saturated carbocycles. The van der Waals surface area contributed by atoms with Crippen LogP contribution >= 0.6 is 0 Å². The van der Waals surface area contributed by atoms with Gasteiger partial charge in [-0.15, -0.1) is 0 Å². The molecule has 5 rings (SSSR count). The molecule has 0 aromatic rings. The van der Waals surface area contributed by atoms with E-state index in [1.165, 1.54) is 44.9 Å². The summed E-state index contributed by atoms with van der Waals surface area (Å²) in [5.74, 6) is 4.36. The minimum absolute atomic E-state index is 0.864. The van der Waals surface area contributed by atoms with Crippen LogP contribution in [0.1, 0.15) is 77.0 Å². The summed E-state index contributed by atoms with van der Waals surface area (Å²) in [4.78, 5) is 0. The molecule has 5 fully saturated rings. The first-order valence-electron chi connectivity index (χ1n) is 9.14. The van der Waals surface area contributed by atoms with E-state index in [2.05, 4.69) is 5.32 Å². The fourth-order valence-corrected chi connectivity index (χ4v) is 6.09. The third kappa shape index (κ3) is 2.60. The van der Waals surface area contributed by atoms with E-state index >= 15 is 0 Å². The second-order valence-corrected chi connectivity index (χ2v) is 8.17. The molecular formula is C18H31N. The van der Waals surface area contributed by atoms with E-state index in [4.69, 9.17) is 0 Å². The maximum Gasteiger partial charge on any atom is 0.0127 e. The molecule has 0 atom stereocenters. The minimum atomic E-state index is 0.864. The van der Waals surface area contributed by atoms with E-state index < -0.39 is 0 Å². The van der Waals surface area contributed by atoms with Crippen LogP contribution in [-0.4, -0.2) is 12.1 Å². The van der Waals surface area contributed by atoms with Crippen LogP contribution in [0.3, 0.4) is 0 Å². The monoisotopic (exact) mass is 261 g/mol. The van der Waals surface area contributed by atoms with Crippen LogP contribution in [0.5, 0.6) is 0 Å². The normalized spacial score (nSPS) is 47.1. The molecule has 4 bridgehead atoms. The second kappa shape index (κ2) is 5.39. The Morgan fingerprint density at radius 2 is 1.11 bits per heavy atom. The Balaban J connectivity index is 1.39. The van der Waals surface area contributed by atoms with Crippen molar-refractivity contribution in [3.8, 4) is 0 Å². The molecule has 5 aliphatic carbocycles. The summed E-state index contributed by atoms with van der Waals surface area (Å²) in [5, 5.41) is 4.17. The molecule has 19 heavy (non-hydrogen) atoms. The van der Waals surface area contributed by atoms with Crippen molar-refractivity contribution >= 4 is 0 Å². The summed E-state index contributed by atoms with van der Waals surface area (Å²) >= 11 is 0. The van der Waals surface area contributed by atoms with Gasteiger partial charge in [-0.2, -0.15) is 0 Å². The Kier molecular flexibility index (Phi) is 3.60. The summed E-state index contributed by atoms with van der Waals surface area (Å²) in [6, 6.07) is 1.78. The Morgan fingerprint density at radius 1 is 0.579 bits per heavy atom. The van der Waals surface area contributed by atoms with Gasteiger partial charge in [-0.3, -0.25) is 0 Å². The van der Waals surface area contributed by atoms with Gasteiger partial charge in [0.05, 0.1) is 0 Å². The highest BCUT2D eigenvalue weighted by molar-refractivity contribution is 5.02. The van der Waals surface area contributed by atoms with Gasteiger partial charge in [-0.05, 0) is 68.6 Å². The molecule has 0 heterocycles. The van der Waals surface area contributed by atoms with Crippen LogP contribution in [0.15, 0.2) is 0 Å². The Labute approximate surface area is 118 Å². The van der Waals surface area contributed by atoms with E-state index in [0.29, 0.717) is 0 Å². The molecule has 5 aliphatic rings. The topological polar surface area (TPSA) is 12.0 Å². The van der Waals surface area contributed by atoms with E-state index in [-0.39, 0.29) is 0 Å². The fourth-order valence-electron chi connectivity index (χ4n) is 6.09. The SMILES string of the molecule is C1CCCC(NC2C3CC4CC(C3)CC2C4)CCC1. The van der Waals surface area contributed by atoms with Gasteiger partial charge in [0, 0.05) is 12.1 Å². The first kappa shape index (κ1) is 12.7. The molecule has 0 saturated heterocycles. The molecular weight excluding hydrogens is 230 g/mol. The van der Waals surface area contributed by atoms with Gasteiger partial charge < -0.3 is 5.32 Å². The molecule has 0 amide bonds. The molecule has 0 spiro atoms. The van der Waals surface area contributed by atoms with Crippen molar-refractivity contribution in [1.82, 2.24) is 5.32 Å². The molecule has 1 nitrogen and oxygen atoms in total. The molecule has 0 aromatic heterocycles. The third-order valence-corrected chi connectivity index (χ3v) is 6.76. The zero-order chi connectivity index (χ0) is 12.7. The van der Waals surface area contributed by atoms with Crippen LogP contribution in [0, 0.1) is 23.7 Å². The Hall–Kier alpha value is -0.0400. The van der Waals surface area contributed by atoms with Crippen LogP contribution < -0.4 is 5.32 Å². The van der Waals surface area contributed by atoms with Crippen molar-refractivity contribution in [2.75, 3.05) is 0 Å². The summed E-state index contributed by atoms with van der Waals surface area (Å²) in [6.07, 6.45) is 18.2. The number of nitrogens with one attached hydrogen (secondary N) is 1. The molecule has 0 aromatic carbocycles. The van der Waals surface area contributed by atoms with E-state index in [0.717, 1.165) is 35.8 Å². The first-order valence-corrected chi connectivity index (χ1v) is 9.14. The van der Waals surface area contributed by atoms with Gasteiger partial charge in [0.2, 0.25) is 0 Å². The van der Waals surface area contributed by atoms with Crippen molar-refractivity contribution in [2.24, 2.45) is 23.7 Å². The van der Waals surface area contributed by atoms with Crippen LogP contribution in [0.25, 0.3) is 0 Å². The average Bonchev–Trinajstić information content (AvgIpc) is 2.35. The molecule has 108 valence electrons. The lowest BCUT2D eigenvalue weighted by molar-refractivity contribution is -0.0187. The molecule has 0 aliphatic heterocycles. The Bertz CT molecular complexity index is 275. The van der Waals surface area contributed by atoms with Crippen molar-refractivity contribution in [3.05, 3.63) is 0 Å². The summed E-state index contributed by atoms with van der Waals surface area (Å²) < 4.78 is 0. The maximum absolute atomic E-state index is 4.17. The van der Waals surface area contributed by atoms with Gasteiger partial charge in [0.15, 0.2) is 0 Å². The smallest absolute Gasteiger partial charge is 0.0127 e. The molecule has 1 N–H and O–H groups in total. The van der Waals surface area contributed by atoms with Crippen LogP contribution in [0.4, 0.5) is 0 Å². The quantitative estimate of drug-likeness (QED) is 0.771. The lowest BCUT2D eigenvalue weighted by Gasteiger charge is -2.55. The zero-order valence-electron chi connectivity index (χ0n) is 12.4. The zero-order valence-corrected chi connectivity index (χ0v) is 12.4. The highest BCUT2D eigenvalue weighted by atomic mass is 15.0. The highest BCUT2D eigenvalue weighted by Gasteiger charge is 2.48. The molecule has 1 heteroatoms. The van der Waals surface area contributed by atoms with Gasteiger partial charge in [-0.25, -0.2) is 0 Å². The third-order valence-electron chi connectivity index (χ3n) is 6.76. The maximum atomic E-state index is 4.17. The lowest BCUT2D eigenvalue weighted by Crippen LogP contribution is -2.56. The largest absolute Gasteiger partial charge is 0.311 e. The summed E-state index contributed by atoms with van der Waals surface area (Å²) in [7, 11) is 0. The molecule has 0 unspecified atom stereocenters. The van der Waals surface area contributed by atoms with Crippen molar-refractivity contribution in [1.29, 1.82) is 0 Å². The number of hydrogen-bond donors (Lipinski definition) is 1. The minimum Gasteiger partial charge on any atom is -0.311 e. The van der Waals surface area contributed by atoms with Gasteiger partial charge in [-0.1, -0.05) is 32.1 Å². The van der Waals surface area contributed by atoms with Crippen molar-refractivity contribution in [3.63, 3.8) is 0 Å². The van der Waals surface area contributed by atoms with Crippen molar-refractivity contribution in [2.45, 2.75) is 89.1 Å². The van der Waals surface area contributed by atoms with Gasteiger partial charge in [0.1, 0.15) is 0 Å². The highest BCUT2D eigenvalue weighted by Crippen LogP contribution is 2.53. The molecule has 0 radical (unpaired) electrons. The van der Waals surface area contributed by atoms with Gasteiger partial charge in [0.25, 0.3) is 0 Å². The van der Waals surface area contributed by atoms with E-state index in [1.54, 1.807) is 32.1 Å². The predicted molar refractivity (Wildman–Crippen MR) is 80.1 cm³/mol. The Morgan fingerprint density at radius 3 is 1.68 bits per heavy atom. The van der Waals surface area contributed by atoms with Crippen molar-refractivity contribution < 1.29 is 0 Å². The second-order valence-electron chi connectivity index (χ2n) is 8.17. The number of hydrogen-bond acceptors (Lipinski definition) is 1. The first-order chi connectivity index (χ1) is 9.38. The average molecular weight is 261 g/mol. The predicted octanol–water partition coefficient (Wildman–Crippen LogP) is 4.51. The summed E-state index contributed by atoms with van der Waals surface area (Å²) in [6.45, 7) is 0. The summed E-state index contributed by atoms with van der Waals surface area (Å²) in [5.41, 5.74) is 0. The van der Waals surface area contributed by atoms with Crippen LogP contribution in [-0.2, 0) is 0 Å². The van der Waals surface area contributed by atoms with E-state index in [1.807, 2.05) is 0 Å². The van der Waals surface area contributed by atoms with Crippen LogP contribution in [0.2, 0.25) is 0 Å².